The summed E-state index contributed by atoms with van der Waals surface area (Å²) in [6.45, 7) is 15.2. The van der Waals surface area contributed by atoms with Crippen molar-refractivity contribution in [3.8, 4) is 17.2 Å². The normalized spacial score (nSPS) is 22.2. The van der Waals surface area contributed by atoms with Crippen molar-refractivity contribution in [3.63, 3.8) is 0 Å². The van der Waals surface area contributed by atoms with Crippen LogP contribution < -0.4 is 14.2 Å². The molecule has 0 aromatic heterocycles. The largest absolute Gasteiger partial charge is 0.494 e. The molecule has 0 spiro atoms. The third-order valence-corrected chi connectivity index (χ3v) is 9.39. The Hall–Kier alpha value is -2.07. The van der Waals surface area contributed by atoms with E-state index >= 15 is 0 Å². The third kappa shape index (κ3) is 11.5. The van der Waals surface area contributed by atoms with E-state index in [-0.39, 0.29) is 18.3 Å². The molecular weight excluding hydrogens is 644 g/mol. The van der Waals surface area contributed by atoms with E-state index in [0.717, 1.165) is 80.2 Å². The highest BCUT2D eigenvalue weighted by Crippen LogP contribution is 2.49. The predicted octanol–water partition coefficient (Wildman–Crippen LogP) is 9.30. The number of benzene rings is 2. The minimum absolute atomic E-state index is 0.348. The zero-order chi connectivity index (χ0) is 34.8. The number of hydrogen-bond acceptors (Lipinski definition) is 8. The van der Waals surface area contributed by atoms with E-state index in [4.69, 9.17) is 49.5 Å². The van der Waals surface area contributed by atoms with Crippen molar-refractivity contribution < 1.29 is 37.9 Å². The summed E-state index contributed by atoms with van der Waals surface area (Å²) in [4.78, 5) is 0. The Balaban J connectivity index is 1.80. The first-order chi connectivity index (χ1) is 24.1. The van der Waals surface area contributed by atoms with Crippen LogP contribution in [0.3, 0.4) is 0 Å². The van der Waals surface area contributed by atoms with Crippen LogP contribution in [0.25, 0.3) is 0 Å². The number of halogens is 1. The van der Waals surface area contributed by atoms with E-state index in [9.17, 15) is 0 Å². The molecule has 2 aromatic rings. The highest BCUT2D eigenvalue weighted by atomic mass is 35.5. The van der Waals surface area contributed by atoms with Crippen LogP contribution >= 0.6 is 11.6 Å². The van der Waals surface area contributed by atoms with E-state index in [2.05, 4.69) is 45.9 Å². The fourth-order valence-electron chi connectivity index (χ4n) is 6.22. The first kappa shape index (κ1) is 39.7. The molecule has 8 nitrogen and oxygen atoms in total. The Labute approximate surface area is 300 Å². The van der Waals surface area contributed by atoms with Gasteiger partial charge in [0.15, 0.2) is 11.5 Å². The minimum atomic E-state index is -0.527. The smallest absolute Gasteiger partial charge is 0.180 e. The highest BCUT2D eigenvalue weighted by molar-refractivity contribution is 6.33. The van der Waals surface area contributed by atoms with Crippen molar-refractivity contribution >= 4 is 11.6 Å². The van der Waals surface area contributed by atoms with Crippen molar-refractivity contribution in [3.05, 3.63) is 52.0 Å². The summed E-state index contributed by atoms with van der Waals surface area (Å²) in [6.07, 6.45) is 7.26. The van der Waals surface area contributed by atoms with Gasteiger partial charge in [0, 0.05) is 38.4 Å². The Morgan fingerprint density at radius 1 is 0.714 bits per heavy atom. The molecule has 2 aliphatic heterocycles. The van der Waals surface area contributed by atoms with Crippen LogP contribution in [0.5, 0.6) is 17.2 Å². The van der Waals surface area contributed by atoms with Gasteiger partial charge in [-0.25, -0.2) is 0 Å². The molecule has 0 unspecified atom stereocenters. The van der Waals surface area contributed by atoms with E-state index in [0.29, 0.717) is 75.8 Å². The Morgan fingerprint density at radius 3 is 1.94 bits per heavy atom. The first-order valence-corrected chi connectivity index (χ1v) is 19.3. The number of rotatable bonds is 22. The van der Waals surface area contributed by atoms with E-state index in [1.165, 1.54) is 0 Å². The summed E-state index contributed by atoms with van der Waals surface area (Å²) in [5, 5.41) is 0.560. The predicted molar refractivity (Wildman–Crippen MR) is 195 cm³/mol. The molecule has 0 radical (unpaired) electrons. The minimum Gasteiger partial charge on any atom is -0.494 e. The van der Waals surface area contributed by atoms with Crippen LogP contribution in [-0.2, 0) is 30.1 Å². The fourth-order valence-corrected chi connectivity index (χ4v) is 6.48. The highest BCUT2D eigenvalue weighted by Gasteiger charge is 2.50. The fraction of sp³-hybridized carbons (Fsp3) is 0.700. The summed E-state index contributed by atoms with van der Waals surface area (Å²) >= 11 is 7.15. The van der Waals surface area contributed by atoms with Crippen molar-refractivity contribution in [2.45, 2.75) is 129 Å². The summed E-state index contributed by atoms with van der Waals surface area (Å²) in [7, 11) is 0. The first-order valence-electron chi connectivity index (χ1n) is 19.0. The molecule has 4 rings (SSSR count). The topological polar surface area (TPSA) is 73.8 Å². The number of ether oxygens (including phenoxy) is 8. The molecule has 0 saturated carbocycles. The number of hydrogen-bond donors (Lipinski definition) is 0. The summed E-state index contributed by atoms with van der Waals surface area (Å²) in [5.74, 6) is 2.03. The molecule has 0 bridgehead atoms. The molecule has 49 heavy (non-hydrogen) atoms. The molecule has 0 aliphatic carbocycles. The van der Waals surface area contributed by atoms with Crippen LogP contribution in [0.4, 0.5) is 0 Å². The molecule has 2 aliphatic rings. The zero-order valence-corrected chi connectivity index (χ0v) is 31.4. The number of fused-ring (bicyclic) bond motifs is 1. The quantitative estimate of drug-likeness (QED) is 0.112. The van der Waals surface area contributed by atoms with Gasteiger partial charge in [-0.15, -0.1) is 0 Å². The van der Waals surface area contributed by atoms with Gasteiger partial charge in [0.1, 0.15) is 36.3 Å². The van der Waals surface area contributed by atoms with Gasteiger partial charge in [0.25, 0.3) is 0 Å². The van der Waals surface area contributed by atoms with Crippen molar-refractivity contribution in [1.29, 1.82) is 0 Å². The summed E-state index contributed by atoms with van der Waals surface area (Å²) in [5.41, 5.74) is 2.90. The maximum Gasteiger partial charge on any atom is 0.180 e. The molecule has 2 heterocycles. The van der Waals surface area contributed by atoms with Gasteiger partial charge in [0.05, 0.1) is 31.5 Å². The Bertz CT molecular complexity index is 1210. The van der Waals surface area contributed by atoms with Gasteiger partial charge in [-0.1, -0.05) is 77.1 Å². The lowest BCUT2D eigenvalue weighted by Gasteiger charge is -2.46. The molecule has 2 aromatic carbocycles. The lowest BCUT2D eigenvalue weighted by molar-refractivity contribution is -0.268. The van der Waals surface area contributed by atoms with Crippen LogP contribution in [-0.4, -0.2) is 77.3 Å². The van der Waals surface area contributed by atoms with Crippen LogP contribution in [0.15, 0.2) is 30.3 Å². The Morgan fingerprint density at radius 2 is 1.31 bits per heavy atom. The molecular formula is C40H61ClO8. The lowest BCUT2D eigenvalue weighted by Crippen LogP contribution is -2.58. The SMILES string of the molecule is CCCCOC[C@H]1O[C@@H](c2cc(Cc3ccc(OCC)cc3)c(Cl)c3c2OCCCO3)[C@H](OCCCC)[C@@H](OCCCC)[C@@H]1OCCCC. The van der Waals surface area contributed by atoms with Crippen LogP contribution in [0.1, 0.15) is 115 Å². The molecule has 1 saturated heterocycles. The maximum absolute atomic E-state index is 7.15. The van der Waals surface area contributed by atoms with Gasteiger partial charge >= 0.3 is 0 Å². The van der Waals surface area contributed by atoms with E-state index in [1.54, 1.807) is 0 Å². The van der Waals surface area contributed by atoms with Crippen molar-refractivity contribution in [2.75, 3.05) is 52.9 Å². The Kier molecular flexibility index (Phi) is 17.8. The molecule has 9 heteroatoms. The van der Waals surface area contributed by atoms with Gasteiger partial charge < -0.3 is 37.9 Å². The van der Waals surface area contributed by atoms with Crippen LogP contribution in [0.2, 0.25) is 5.02 Å². The van der Waals surface area contributed by atoms with Crippen LogP contribution in [0, 0.1) is 0 Å². The van der Waals surface area contributed by atoms with Gasteiger partial charge in [-0.3, -0.25) is 0 Å². The number of unbranched alkanes of at least 4 members (excludes halogenated alkanes) is 4. The second-order valence-electron chi connectivity index (χ2n) is 13.0. The zero-order valence-electron chi connectivity index (χ0n) is 30.6. The van der Waals surface area contributed by atoms with Gasteiger partial charge in [-0.05, 0) is 68.4 Å². The van der Waals surface area contributed by atoms with Crippen molar-refractivity contribution in [1.82, 2.24) is 0 Å². The average Bonchev–Trinajstić information content (AvgIpc) is 3.37. The lowest BCUT2D eigenvalue weighted by atomic mass is 9.88. The van der Waals surface area contributed by atoms with Gasteiger partial charge in [-0.2, -0.15) is 0 Å². The molecule has 276 valence electrons. The summed E-state index contributed by atoms with van der Waals surface area (Å²) in [6, 6.07) is 10.3. The van der Waals surface area contributed by atoms with E-state index < -0.39 is 12.2 Å². The summed E-state index contributed by atoms with van der Waals surface area (Å²) < 4.78 is 52.0. The van der Waals surface area contributed by atoms with E-state index in [1.807, 2.05) is 19.1 Å². The second-order valence-corrected chi connectivity index (χ2v) is 13.4. The maximum atomic E-state index is 7.15. The molecule has 0 N–H and O–H groups in total. The third-order valence-electron chi connectivity index (χ3n) is 8.98. The standard InChI is InChI=1S/C40H61ClO8/c1-6-11-20-42-28-33-37(45-21-12-7-2)40(48-23-14-9-4)39(47-22-13-8-3)36(49-33)32-27-30(26-29-16-18-31(19-17-29)43-10-5)34(41)38-35(32)44-24-15-25-46-38/h16-19,27,33,36-37,39-40H,6-15,20-26,28H2,1-5H3/t33-,36+,37-,39+,40+/m1/s1. The second kappa shape index (κ2) is 22.0. The molecule has 5 atom stereocenters. The van der Waals surface area contributed by atoms with Crippen molar-refractivity contribution in [2.24, 2.45) is 0 Å². The van der Waals surface area contributed by atoms with Gasteiger partial charge in [0.2, 0.25) is 0 Å². The molecule has 1 fully saturated rings. The average molecular weight is 705 g/mol. The molecule has 0 amide bonds. The monoisotopic (exact) mass is 704 g/mol.